The van der Waals surface area contributed by atoms with Crippen LogP contribution in [-0.4, -0.2) is 29.1 Å². The van der Waals surface area contributed by atoms with Crippen molar-refractivity contribution >= 4 is 17.7 Å². The molecule has 0 aromatic heterocycles. The van der Waals surface area contributed by atoms with E-state index in [1.807, 2.05) is 0 Å². The Morgan fingerprint density at radius 1 is 1.29 bits per heavy atom. The summed E-state index contributed by atoms with van der Waals surface area (Å²) < 4.78 is 0. The molecule has 3 fully saturated rings. The molecule has 1 amide bonds. The molecular formula is C17H22N2OS. The Balaban J connectivity index is 1.56. The summed E-state index contributed by atoms with van der Waals surface area (Å²) in [6.45, 7) is 0.910. The number of benzene rings is 1. The predicted octanol–water partition coefficient (Wildman–Crippen LogP) is 3.17. The maximum Gasteiger partial charge on any atom is 0.244 e. The predicted molar refractivity (Wildman–Crippen MR) is 85.1 cm³/mol. The Kier molecular flexibility index (Phi) is 3.27. The second-order valence-electron chi connectivity index (χ2n) is 6.63. The van der Waals surface area contributed by atoms with Gasteiger partial charge in [-0.2, -0.15) is 0 Å². The van der Waals surface area contributed by atoms with Gasteiger partial charge in [-0.05, 0) is 49.1 Å². The first-order valence-electron chi connectivity index (χ1n) is 7.95. The van der Waals surface area contributed by atoms with Crippen molar-refractivity contribution < 1.29 is 4.79 Å². The van der Waals surface area contributed by atoms with Crippen LogP contribution >= 0.6 is 11.8 Å². The number of carbonyl (C=O) groups is 1. The molecule has 1 heterocycles. The molecule has 1 aromatic carbocycles. The molecule has 1 saturated heterocycles. The van der Waals surface area contributed by atoms with Gasteiger partial charge in [-0.25, -0.2) is 0 Å². The summed E-state index contributed by atoms with van der Waals surface area (Å²) in [4.78, 5) is 16.1. The van der Waals surface area contributed by atoms with Crippen LogP contribution in [-0.2, 0) is 4.79 Å². The molecule has 1 spiro atoms. The summed E-state index contributed by atoms with van der Waals surface area (Å²) in [7, 11) is 0. The minimum atomic E-state index is -0.216. The summed E-state index contributed by atoms with van der Waals surface area (Å²) in [5.74, 6) is 1.20. The third-order valence-corrected chi connectivity index (χ3v) is 5.80. The van der Waals surface area contributed by atoms with Gasteiger partial charge in [-0.15, -0.1) is 11.8 Å². The van der Waals surface area contributed by atoms with Crippen molar-refractivity contribution in [3.8, 4) is 0 Å². The number of nitrogens with one attached hydrogen (secondary N) is 1. The van der Waals surface area contributed by atoms with E-state index in [0.29, 0.717) is 5.91 Å². The standard InChI is InChI=1S/C17H22N2OS/c1-21-14-6-4-13(5-7-14)15-18-17(9-10-17)16(20)19(15)11-8-12-2-3-12/h4-7,12,15,18H,2-3,8-11H2,1H3. The van der Waals surface area contributed by atoms with Crippen LogP contribution in [0.15, 0.2) is 29.2 Å². The van der Waals surface area contributed by atoms with Crippen LogP contribution in [0.3, 0.4) is 0 Å². The summed E-state index contributed by atoms with van der Waals surface area (Å²) in [5.41, 5.74) is 1.01. The average Bonchev–Trinajstić information content (AvgIpc) is 3.41. The molecule has 1 aliphatic heterocycles. The van der Waals surface area contributed by atoms with E-state index >= 15 is 0 Å². The first kappa shape index (κ1) is 13.6. The van der Waals surface area contributed by atoms with Gasteiger partial charge in [0.05, 0.1) is 0 Å². The van der Waals surface area contributed by atoms with Crippen LogP contribution in [0.25, 0.3) is 0 Å². The molecule has 1 aromatic rings. The molecule has 4 heteroatoms. The summed E-state index contributed by atoms with van der Waals surface area (Å²) in [6.07, 6.45) is 8.06. The first-order valence-corrected chi connectivity index (χ1v) is 9.17. The number of hydrogen-bond donors (Lipinski definition) is 1. The molecule has 0 bridgehead atoms. The van der Waals surface area contributed by atoms with E-state index in [-0.39, 0.29) is 11.7 Å². The van der Waals surface area contributed by atoms with Crippen LogP contribution in [0, 0.1) is 5.92 Å². The monoisotopic (exact) mass is 302 g/mol. The van der Waals surface area contributed by atoms with Crippen LogP contribution in [0.4, 0.5) is 0 Å². The molecule has 4 rings (SSSR count). The highest BCUT2D eigenvalue weighted by Crippen LogP contribution is 2.46. The number of rotatable bonds is 5. The lowest BCUT2D eigenvalue weighted by atomic mass is 10.1. The quantitative estimate of drug-likeness (QED) is 0.848. The minimum Gasteiger partial charge on any atom is -0.321 e. The zero-order chi connectivity index (χ0) is 14.4. The fourth-order valence-corrected chi connectivity index (χ4v) is 3.69. The normalized spacial score (nSPS) is 26.6. The average molecular weight is 302 g/mol. The van der Waals surface area contributed by atoms with Crippen molar-refractivity contribution in [2.45, 2.75) is 48.7 Å². The van der Waals surface area contributed by atoms with Crippen LogP contribution < -0.4 is 5.32 Å². The Morgan fingerprint density at radius 2 is 2.00 bits per heavy atom. The van der Waals surface area contributed by atoms with Gasteiger partial charge < -0.3 is 4.90 Å². The van der Waals surface area contributed by atoms with Crippen LogP contribution in [0.1, 0.15) is 43.8 Å². The van der Waals surface area contributed by atoms with Gasteiger partial charge in [0.2, 0.25) is 5.91 Å². The molecule has 1 N–H and O–H groups in total. The third-order valence-electron chi connectivity index (χ3n) is 5.05. The summed E-state index contributed by atoms with van der Waals surface area (Å²) >= 11 is 1.76. The maximum absolute atomic E-state index is 12.7. The fraction of sp³-hybridized carbons (Fsp3) is 0.588. The van der Waals surface area contributed by atoms with Gasteiger partial charge in [0, 0.05) is 11.4 Å². The Morgan fingerprint density at radius 3 is 2.57 bits per heavy atom. The molecule has 2 saturated carbocycles. The summed E-state index contributed by atoms with van der Waals surface area (Å²) in [6, 6.07) is 8.65. The molecule has 1 unspecified atom stereocenters. The SMILES string of the molecule is CSc1ccc(C2NC3(CC3)C(=O)N2CCC2CC2)cc1. The lowest BCUT2D eigenvalue weighted by molar-refractivity contribution is -0.131. The molecule has 1 atom stereocenters. The van der Waals surface area contributed by atoms with E-state index in [1.54, 1.807) is 11.8 Å². The van der Waals surface area contributed by atoms with Gasteiger partial charge in [0.15, 0.2) is 0 Å². The van der Waals surface area contributed by atoms with E-state index in [2.05, 4.69) is 40.7 Å². The van der Waals surface area contributed by atoms with E-state index in [4.69, 9.17) is 0 Å². The van der Waals surface area contributed by atoms with Gasteiger partial charge in [0.25, 0.3) is 0 Å². The molecule has 21 heavy (non-hydrogen) atoms. The molecular weight excluding hydrogens is 280 g/mol. The zero-order valence-corrected chi connectivity index (χ0v) is 13.3. The van der Waals surface area contributed by atoms with Crippen LogP contribution in [0.5, 0.6) is 0 Å². The Hall–Kier alpha value is -1.00. The van der Waals surface area contributed by atoms with Crippen molar-refractivity contribution in [3.63, 3.8) is 0 Å². The van der Waals surface area contributed by atoms with Gasteiger partial charge in [-0.3, -0.25) is 10.1 Å². The smallest absolute Gasteiger partial charge is 0.244 e. The lowest BCUT2D eigenvalue weighted by Crippen LogP contribution is -2.33. The van der Waals surface area contributed by atoms with E-state index in [1.165, 1.54) is 29.7 Å². The number of carbonyl (C=O) groups excluding carboxylic acids is 1. The Labute approximate surface area is 130 Å². The molecule has 112 valence electrons. The second-order valence-corrected chi connectivity index (χ2v) is 7.51. The molecule has 0 radical (unpaired) electrons. The van der Waals surface area contributed by atoms with Gasteiger partial charge >= 0.3 is 0 Å². The highest BCUT2D eigenvalue weighted by molar-refractivity contribution is 7.98. The highest BCUT2D eigenvalue weighted by atomic mass is 32.2. The number of nitrogens with zero attached hydrogens (tertiary/aromatic N) is 1. The van der Waals surface area contributed by atoms with Gasteiger partial charge in [0.1, 0.15) is 11.7 Å². The van der Waals surface area contributed by atoms with Gasteiger partial charge in [-0.1, -0.05) is 25.0 Å². The molecule has 3 aliphatic rings. The zero-order valence-electron chi connectivity index (χ0n) is 12.5. The van der Waals surface area contributed by atoms with Crippen molar-refractivity contribution in [1.82, 2.24) is 10.2 Å². The van der Waals surface area contributed by atoms with Crippen molar-refractivity contribution in [3.05, 3.63) is 29.8 Å². The van der Waals surface area contributed by atoms with Crippen LogP contribution in [0.2, 0.25) is 0 Å². The van der Waals surface area contributed by atoms with Crippen molar-refractivity contribution in [2.24, 2.45) is 5.92 Å². The number of hydrogen-bond acceptors (Lipinski definition) is 3. The summed E-state index contributed by atoms with van der Waals surface area (Å²) in [5, 5.41) is 3.61. The first-order chi connectivity index (χ1) is 10.2. The van der Waals surface area contributed by atoms with E-state index < -0.39 is 0 Å². The fourth-order valence-electron chi connectivity index (χ4n) is 3.29. The largest absolute Gasteiger partial charge is 0.321 e. The minimum absolute atomic E-state index is 0.0784. The third kappa shape index (κ3) is 2.49. The van der Waals surface area contributed by atoms with Crippen molar-refractivity contribution in [1.29, 1.82) is 0 Å². The van der Waals surface area contributed by atoms with Crippen molar-refractivity contribution in [2.75, 3.05) is 12.8 Å². The highest BCUT2D eigenvalue weighted by Gasteiger charge is 2.59. The topological polar surface area (TPSA) is 32.3 Å². The molecule has 3 nitrogen and oxygen atoms in total. The van der Waals surface area contributed by atoms with E-state index in [0.717, 1.165) is 25.3 Å². The van der Waals surface area contributed by atoms with E-state index in [9.17, 15) is 4.79 Å². The lowest BCUT2D eigenvalue weighted by Gasteiger charge is -2.24. The number of amides is 1. The number of thioether (sulfide) groups is 1. The molecule has 2 aliphatic carbocycles. The Bertz CT molecular complexity index is 548. The maximum atomic E-state index is 12.7. The second kappa shape index (κ2) is 5.03.